The molecule has 1 atom stereocenters. The number of fused-ring (bicyclic) bond motifs is 1. The van der Waals surface area contributed by atoms with Crippen molar-refractivity contribution < 1.29 is 9.47 Å². The molecule has 3 aromatic carbocycles. The number of ether oxygens (including phenoxy) is 2. The summed E-state index contributed by atoms with van der Waals surface area (Å²) in [5.41, 5.74) is 8.86. The molecule has 5 heteroatoms. The molecule has 0 saturated carbocycles. The highest BCUT2D eigenvalue weighted by molar-refractivity contribution is 5.73. The van der Waals surface area contributed by atoms with Gasteiger partial charge >= 0.3 is 0 Å². The fourth-order valence-corrected chi connectivity index (χ4v) is 6.56. The van der Waals surface area contributed by atoms with Crippen molar-refractivity contribution in [1.29, 1.82) is 0 Å². The first-order valence-corrected chi connectivity index (χ1v) is 15.1. The van der Waals surface area contributed by atoms with Crippen molar-refractivity contribution in [1.82, 2.24) is 14.5 Å². The molecule has 1 fully saturated rings. The van der Waals surface area contributed by atoms with Gasteiger partial charge in [0.1, 0.15) is 19.0 Å². The largest absolute Gasteiger partial charge is 0.486 e. The number of nitrogens with zero attached hydrogens (tertiary/aromatic N) is 3. The number of hydrogen-bond acceptors (Lipinski definition) is 4. The van der Waals surface area contributed by atoms with E-state index in [-0.39, 0.29) is 0 Å². The van der Waals surface area contributed by atoms with E-state index in [2.05, 4.69) is 90.9 Å². The first-order valence-electron chi connectivity index (χ1n) is 15.1. The maximum Gasteiger partial charge on any atom is 0.162 e. The lowest BCUT2D eigenvalue weighted by molar-refractivity contribution is 0.137. The number of imidazole rings is 1. The van der Waals surface area contributed by atoms with Gasteiger partial charge in [0.2, 0.25) is 0 Å². The number of aryl methyl sites for hydroxylation is 2. The van der Waals surface area contributed by atoms with Crippen LogP contribution in [-0.4, -0.2) is 34.2 Å². The van der Waals surface area contributed by atoms with E-state index >= 15 is 0 Å². The average molecular weight is 536 g/mol. The molecule has 208 valence electrons. The van der Waals surface area contributed by atoms with Crippen LogP contribution in [0.1, 0.15) is 68.5 Å². The Balaban J connectivity index is 1.51. The van der Waals surface area contributed by atoms with Crippen LogP contribution >= 0.6 is 0 Å². The molecule has 4 aromatic rings. The molecule has 0 bridgehead atoms. The molecule has 1 unspecified atom stereocenters. The summed E-state index contributed by atoms with van der Waals surface area (Å²) in [6, 6.07) is 24.5. The van der Waals surface area contributed by atoms with Gasteiger partial charge in [-0.25, -0.2) is 4.98 Å². The summed E-state index contributed by atoms with van der Waals surface area (Å²) in [5, 5.41) is 0. The Hall–Kier alpha value is -3.57. The smallest absolute Gasteiger partial charge is 0.162 e. The van der Waals surface area contributed by atoms with Gasteiger partial charge in [-0.05, 0) is 74.0 Å². The molecule has 0 amide bonds. The van der Waals surface area contributed by atoms with Gasteiger partial charge in [0.05, 0.1) is 11.4 Å². The summed E-state index contributed by atoms with van der Waals surface area (Å²) in [4.78, 5) is 8.17. The zero-order valence-electron chi connectivity index (χ0n) is 24.2. The normalized spacial score (nSPS) is 17.2. The first kappa shape index (κ1) is 26.6. The fourth-order valence-electron chi connectivity index (χ4n) is 6.56. The van der Waals surface area contributed by atoms with Crippen molar-refractivity contribution >= 4 is 0 Å². The van der Waals surface area contributed by atoms with Crippen LogP contribution in [0.3, 0.4) is 0 Å². The minimum Gasteiger partial charge on any atom is -0.486 e. The predicted octanol–water partition coefficient (Wildman–Crippen LogP) is 7.86. The molecular formula is C35H41N3O2. The lowest BCUT2D eigenvalue weighted by Crippen LogP contribution is -2.33. The van der Waals surface area contributed by atoms with E-state index in [1.54, 1.807) is 0 Å². The van der Waals surface area contributed by atoms with E-state index in [0.717, 1.165) is 61.1 Å². The van der Waals surface area contributed by atoms with Gasteiger partial charge in [0.15, 0.2) is 11.5 Å². The van der Waals surface area contributed by atoms with Gasteiger partial charge < -0.3 is 14.0 Å². The van der Waals surface area contributed by atoms with Gasteiger partial charge in [-0.1, -0.05) is 68.8 Å². The minimum absolute atomic E-state index is 0.417. The van der Waals surface area contributed by atoms with Gasteiger partial charge in [-0.2, -0.15) is 0 Å². The highest BCUT2D eigenvalue weighted by Gasteiger charge is 2.29. The fraction of sp³-hybridized carbons (Fsp3) is 0.400. The molecular weight excluding hydrogens is 494 g/mol. The number of hydrogen-bond donors (Lipinski definition) is 0. The second kappa shape index (κ2) is 11.9. The molecule has 1 aromatic heterocycles. The van der Waals surface area contributed by atoms with Crippen molar-refractivity contribution in [2.24, 2.45) is 0 Å². The predicted molar refractivity (Wildman–Crippen MR) is 162 cm³/mol. The molecule has 40 heavy (non-hydrogen) atoms. The van der Waals surface area contributed by atoms with E-state index in [0.29, 0.717) is 19.3 Å². The third-order valence-corrected chi connectivity index (χ3v) is 8.58. The quantitative estimate of drug-likeness (QED) is 0.230. The van der Waals surface area contributed by atoms with E-state index in [4.69, 9.17) is 14.5 Å². The summed E-state index contributed by atoms with van der Waals surface area (Å²) in [7, 11) is 0. The topological polar surface area (TPSA) is 39.5 Å². The van der Waals surface area contributed by atoms with E-state index < -0.39 is 0 Å². The molecule has 2 aliphatic rings. The highest BCUT2D eigenvalue weighted by Crippen LogP contribution is 2.40. The zero-order chi connectivity index (χ0) is 27.5. The Morgan fingerprint density at radius 3 is 2.30 bits per heavy atom. The second-order valence-electron chi connectivity index (χ2n) is 10.9. The second-order valence-corrected chi connectivity index (χ2v) is 10.9. The van der Waals surface area contributed by atoms with Gasteiger partial charge in [0.25, 0.3) is 0 Å². The third kappa shape index (κ3) is 5.03. The van der Waals surface area contributed by atoms with Crippen LogP contribution in [0.2, 0.25) is 0 Å². The number of likely N-dealkylation sites (tertiary alicyclic amines) is 1. The van der Waals surface area contributed by atoms with Gasteiger partial charge in [-0.15, -0.1) is 0 Å². The summed E-state index contributed by atoms with van der Waals surface area (Å²) >= 11 is 0. The lowest BCUT2D eigenvalue weighted by Gasteiger charge is -2.36. The van der Waals surface area contributed by atoms with Crippen LogP contribution in [0.5, 0.6) is 11.5 Å². The summed E-state index contributed by atoms with van der Waals surface area (Å²) in [6.07, 6.45) is 5.66. The Morgan fingerprint density at radius 2 is 1.57 bits per heavy atom. The van der Waals surface area contributed by atoms with Crippen LogP contribution in [0.15, 0.2) is 66.7 Å². The highest BCUT2D eigenvalue weighted by atomic mass is 16.6. The molecule has 0 radical (unpaired) electrons. The zero-order valence-corrected chi connectivity index (χ0v) is 24.2. The van der Waals surface area contributed by atoms with E-state index in [1.165, 1.54) is 47.2 Å². The monoisotopic (exact) mass is 535 g/mol. The molecule has 5 nitrogen and oxygen atoms in total. The van der Waals surface area contributed by atoms with Crippen molar-refractivity contribution in [3.63, 3.8) is 0 Å². The van der Waals surface area contributed by atoms with E-state index in [1.807, 2.05) is 6.07 Å². The Morgan fingerprint density at radius 1 is 0.825 bits per heavy atom. The summed E-state index contributed by atoms with van der Waals surface area (Å²) < 4.78 is 14.3. The number of piperidine rings is 1. The number of aromatic nitrogens is 2. The minimum atomic E-state index is 0.417. The third-order valence-electron chi connectivity index (χ3n) is 8.58. The molecule has 2 aliphatic heterocycles. The molecule has 0 N–H and O–H groups in total. The van der Waals surface area contributed by atoms with Crippen LogP contribution in [0, 0.1) is 0 Å². The van der Waals surface area contributed by atoms with Gasteiger partial charge in [-0.3, -0.25) is 4.90 Å². The van der Waals surface area contributed by atoms with Gasteiger partial charge in [0, 0.05) is 30.3 Å². The van der Waals surface area contributed by atoms with Crippen molar-refractivity contribution in [3.8, 4) is 34.1 Å². The molecule has 6 rings (SSSR count). The SMILES string of the molecule is CCc1cccc(CC)c1-c1nc(-c2ccc3c(c2)OCCO3)c(CN2CCCCC2c2ccccc2)n1CC. The lowest BCUT2D eigenvalue weighted by atomic mass is 9.95. The van der Waals surface area contributed by atoms with Crippen LogP contribution in [0.4, 0.5) is 0 Å². The molecule has 0 aliphatic carbocycles. The van der Waals surface area contributed by atoms with Crippen molar-refractivity contribution in [3.05, 3.63) is 89.1 Å². The van der Waals surface area contributed by atoms with Crippen LogP contribution in [0.25, 0.3) is 22.6 Å². The summed E-state index contributed by atoms with van der Waals surface area (Å²) in [6.45, 7) is 10.7. The maximum absolute atomic E-state index is 6.00. The molecule has 3 heterocycles. The van der Waals surface area contributed by atoms with Crippen LogP contribution in [-0.2, 0) is 25.9 Å². The standard InChI is InChI=1S/C35H41N3O2/c1-4-25-15-12-16-26(5-2)33(25)35-36-34(28-18-19-31-32(23-28)40-22-21-39-31)30(38(35)6-3)24-37-20-11-10-17-29(37)27-13-8-7-9-14-27/h7-9,12-16,18-19,23,29H,4-6,10-11,17,20-22,24H2,1-3H3. The van der Waals surface area contributed by atoms with Crippen molar-refractivity contribution in [2.45, 2.75) is 72.0 Å². The molecule has 1 saturated heterocycles. The van der Waals surface area contributed by atoms with E-state index in [9.17, 15) is 0 Å². The number of benzene rings is 3. The number of rotatable bonds is 8. The van der Waals surface area contributed by atoms with Crippen LogP contribution < -0.4 is 9.47 Å². The molecule has 0 spiro atoms. The first-order chi connectivity index (χ1) is 19.7. The Kier molecular flexibility index (Phi) is 7.92. The Labute approximate surface area is 238 Å². The Bertz CT molecular complexity index is 1440. The summed E-state index contributed by atoms with van der Waals surface area (Å²) in [5.74, 6) is 2.71. The maximum atomic E-state index is 6.00. The average Bonchev–Trinajstić information content (AvgIpc) is 3.38. The van der Waals surface area contributed by atoms with Crippen molar-refractivity contribution in [2.75, 3.05) is 19.8 Å².